The minimum Gasteiger partial charge on any atom is -0.396 e. The number of nitro groups is 1. The Labute approximate surface area is 113 Å². The molecule has 2 rings (SSSR count). The van der Waals surface area contributed by atoms with Crippen LogP contribution in [0.3, 0.4) is 0 Å². The van der Waals surface area contributed by atoms with Crippen LogP contribution in [0.4, 0.5) is 11.4 Å². The molecular formula is C12H14N4O4. The van der Waals surface area contributed by atoms with E-state index >= 15 is 0 Å². The van der Waals surface area contributed by atoms with Gasteiger partial charge in [0.2, 0.25) is 0 Å². The Morgan fingerprint density at radius 2 is 2.30 bits per heavy atom. The highest BCUT2D eigenvalue weighted by atomic mass is 16.6. The SMILES string of the molecule is CC(CO)CNc1cc2nc[nH]c(=O)c2cc1[N+](=O)[O-]. The van der Waals surface area contributed by atoms with Gasteiger partial charge in [0.25, 0.3) is 11.2 Å². The molecule has 1 atom stereocenters. The number of aliphatic hydroxyl groups excluding tert-OH is 1. The molecule has 8 heteroatoms. The summed E-state index contributed by atoms with van der Waals surface area (Å²) in [6.07, 6.45) is 1.25. The van der Waals surface area contributed by atoms with Crippen LogP contribution in [0.15, 0.2) is 23.3 Å². The molecule has 0 radical (unpaired) electrons. The zero-order valence-electron chi connectivity index (χ0n) is 10.8. The average molecular weight is 278 g/mol. The molecule has 0 aliphatic rings. The molecule has 0 amide bonds. The molecule has 106 valence electrons. The second kappa shape index (κ2) is 5.66. The third kappa shape index (κ3) is 2.75. The van der Waals surface area contributed by atoms with Crippen molar-refractivity contribution in [3.8, 4) is 0 Å². The van der Waals surface area contributed by atoms with Crippen molar-refractivity contribution in [3.05, 3.63) is 38.9 Å². The molecule has 0 saturated heterocycles. The Morgan fingerprint density at radius 3 is 2.95 bits per heavy atom. The maximum atomic E-state index is 11.6. The molecule has 8 nitrogen and oxygen atoms in total. The molecular weight excluding hydrogens is 264 g/mol. The molecule has 0 bridgehead atoms. The van der Waals surface area contributed by atoms with Crippen molar-refractivity contribution >= 4 is 22.3 Å². The van der Waals surface area contributed by atoms with Crippen molar-refractivity contribution in [2.45, 2.75) is 6.92 Å². The monoisotopic (exact) mass is 278 g/mol. The van der Waals surface area contributed by atoms with E-state index in [-0.39, 0.29) is 29.3 Å². The van der Waals surface area contributed by atoms with E-state index in [2.05, 4.69) is 15.3 Å². The topological polar surface area (TPSA) is 121 Å². The largest absolute Gasteiger partial charge is 0.396 e. The number of rotatable bonds is 5. The Morgan fingerprint density at radius 1 is 1.55 bits per heavy atom. The van der Waals surface area contributed by atoms with Crippen molar-refractivity contribution < 1.29 is 10.0 Å². The number of anilines is 1. The van der Waals surface area contributed by atoms with Gasteiger partial charge >= 0.3 is 0 Å². The van der Waals surface area contributed by atoms with E-state index in [1.807, 2.05) is 6.92 Å². The quantitative estimate of drug-likeness (QED) is 0.551. The van der Waals surface area contributed by atoms with Crippen LogP contribution in [0.1, 0.15) is 6.92 Å². The van der Waals surface area contributed by atoms with E-state index in [0.29, 0.717) is 12.1 Å². The van der Waals surface area contributed by atoms with E-state index in [1.165, 1.54) is 18.5 Å². The summed E-state index contributed by atoms with van der Waals surface area (Å²) >= 11 is 0. The fraction of sp³-hybridized carbons (Fsp3) is 0.333. The van der Waals surface area contributed by atoms with E-state index in [1.54, 1.807) is 0 Å². The number of nitrogens with one attached hydrogen (secondary N) is 2. The predicted octanol–water partition coefficient (Wildman–Crippen LogP) is 0.872. The van der Waals surface area contributed by atoms with Crippen molar-refractivity contribution in [1.29, 1.82) is 0 Å². The highest BCUT2D eigenvalue weighted by Gasteiger charge is 2.17. The van der Waals surface area contributed by atoms with Crippen molar-refractivity contribution in [3.63, 3.8) is 0 Å². The van der Waals surface area contributed by atoms with Crippen LogP contribution in [-0.2, 0) is 0 Å². The van der Waals surface area contributed by atoms with E-state index in [0.717, 1.165) is 0 Å². The minimum atomic E-state index is -0.558. The van der Waals surface area contributed by atoms with Crippen molar-refractivity contribution in [2.24, 2.45) is 5.92 Å². The van der Waals surface area contributed by atoms with Crippen LogP contribution in [-0.4, -0.2) is 33.1 Å². The first-order chi connectivity index (χ1) is 9.52. The third-order valence-electron chi connectivity index (χ3n) is 2.91. The first kappa shape index (κ1) is 13.9. The number of nitrogens with zero attached hydrogens (tertiary/aromatic N) is 2. The van der Waals surface area contributed by atoms with Crippen molar-refractivity contribution in [1.82, 2.24) is 9.97 Å². The lowest BCUT2D eigenvalue weighted by Crippen LogP contribution is -2.15. The van der Waals surface area contributed by atoms with Crippen LogP contribution >= 0.6 is 0 Å². The molecule has 0 fully saturated rings. The van der Waals surface area contributed by atoms with Crippen LogP contribution in [0.2, 0.25) is 0 Å². The summed E-state index contributed by atoms with van der Waals surface area (Å²) in [5.41, 5.74) is 0.0360. The molecule has 2 aromatic rings. The van der Waals surface area contributed by atoms with Crippen molar-refractivity contribution in [2.75, 3.05) is 18.5 Å². The zero-order chi connectivity index (χ0) is 14.7. The Balaban J connectivity index is 2.49. The molecule has 1 aromatic heterocycles. The van der Waals surface area contributed by atoms with Gasteiger partial charge in [0.1, 0.15) is 5.69 Å². The predicted molar refractivity (Wildman–Crippen MR) is 73.8 cm³/mol. The fourth-order valence-corrected chi connectivity index (χ4v) is 1.75. The molecule has 0 saturated carbocycles. The van der Waals surface area contributed by atoms with Gasteiger partial charge in [-0.1, -0.05) is 6.92 Å². The number of hydrogen-bond donors (Lipinski definition) is 3. The van der Waals surface area contributed by atoms with Gasteiger partial charge in [-0.05, 0) is 12.0 Å². The Kier molecular flexibility index (Phi) is 3.94. The first-order valence-corrected chi connectivity index (χ1v) is 6.03. The summed E-state index contributed by atoms with van der Waals surface area (Å²) < 4.78 is 0. The number of aromatic nitrogens is 2. The first-order valence-electron chi connectivity index (χ1n) is 6.03. The summed E-state index contributed by atoms with van der Waals surface area (Å²) in [5.74, 6) is -0.0440. The zero-order valence-corrected chi connectivity index (χ0v) is 10.8. The lowest BCUT2D eigenvalue weighted by atomic mass is 10.1. The summed E-state index contributed by atoms with van der Waals surface area (Å²) in [4.78, 5) is 28.5. The summed E-state index contributed by atoms with van der Waals surface area (Å²) in [7, 11) is 0. The molecule has 1 unspecified atom stereocenters. The highest BCUT2D eigenvalue weighted by Crippen LogP contribution is 2.27. The van der Waals surface area contributed by atoms with Gasteiger partial charge in [-0.15, -0.1) is 0 Å². The number of nitro benzene ring substituents is 1. The van der Waals surface area contributed by atoms with Gasteiger partial charge < -0.3 is 15.4 Å². The molecule has 0 aliphatic carbocycles. The lowest BCUT2D eigenvalue weighted by molar-refractivity contribution is -0.383. The van der Waals surface area contributed by atoms with Crippen LogP contribution < -0.4 is 10.9 Å². The Bertz CT molecular complexity index is 697. The maximum Gasteiger partial charge on any atom is 0.293 e. The number of aromatic amines is 1. The van der Waals surface area contributed by atoms with Crippen LogP contribution in [0.5, 0.6) is 0 Å². The van der Waals surface area contributed by atoms with Gasteiger partial charge in [0.15, 0.2) is 0 Å². The van der Waals surface area contributed by atoms with E-state index in [9.17, 15) is 14.9 Å². The molecule has 3 N–H and O–H groups in total. The summed E-state index contributed by atoms with van der Waals surface area (Å²) in [6.45, 7) is 2.17. The van der Waals surface area contributed by atoms with Gasteiger partial charge in [0, 0.05) is 19.2 Å². The van der Waals surface area contributed by atoms with Gasteiger partial charge in [-0.3, -0.25) is 14.9 Å². The highest BCUT2D eigenvalue weighted by molar-refractivity contribution is 5.86. The smallest absolute Gasteiger partial charge is 0.293 e. The second-order valence-electron chi connectivity index (χ2n) is 4.54. The van der Waals surface area contributed by atoms with Gasteiger partial charge in [0.05, 0.1) is 22.2 Å². The molecule has 1 heterocycles. The molecule has 1 aromatic carbocycles. The number of hydrogen-bond acceptors (Lipinski definition) is 6. The number of fused-ring (bicyclic) bond motifs is 1. The van der Waals surface area contributed by atoms with Crippen LogP contribution in [0.25, 0.3) is 10.9 Å². The fourth-order valence-electron chi connectivity index (χ4n) is 1.75. The van der Waals surface area contributed by atoms with E-state index in [4.69, 9.17) is 5.11 Å². The number of benzene rings is 1. The van der Waals surface area contributed by atoms with E-state index < -0.39 is 10.5 Å². The molecule has 0 spiro atoms. The lowest BCUT2D eigenvalue weighted by Gasteiger charge is -2.11. The molecule has 0 aliphatic heterocycles. The summed E-state index contributed by atoms with van der Waals surface area (Å²) in [6, 6.07) is 2.67. The van der Waals surface area contributed by atoms with Gasteiger partial charge in [-0.25, -0.2) is 4.98 Å². The number of aliphatic hydroxyl groups is 1. The maximum absolute atomic E-state index is 11.6. The third-order valence-corrected chi connectivity index (χ3v) is 2.91. The second-order valence-corrected chi connectivity index (χ2v) is 4.54. The number of H-pyrrole nitrogens is 1. The molecule has 20 heavy (non-hydrogen) atoms. The summed E-state index contributed by atoms with van der Waals surface area (Å²) in [5, 5.41) is 23.1. The average Bonchev–Trinajstić information content (AvgIpc) is 2.44. The van der Waals surface area contributed by atoms with Gasteiger partial charge in [-0.2, -0.15) is 0 Å². The Hall–Kier alpha value is -2.48. The normalized spacial score (nSPS) is 12.3. The minimum absolute atomic E-state index is 0.0215. The van der Waals surface area contributed by atoms with Crippen LogP contribution in [0, 0.1) is 16.0 Å². The standard InChI is InChI=1S/C12H14N4O4/c1-7(5-17)4-13-10-3-9-8(2-11(10)16(19)20)12(18)15-6-14-9/h2-3,6-7,13,17H,4-5H2,1H3,(H,14,15,18).